The number of hydrogen-bond acceptors (Lipinski definition) is 3. The van der Waals surface area contributed by atoms with Gasteiger partial charge in [0.15, 0.2) is 0 Å². The number of nitrogens with zero attached hydrogens (tertiary/aromatic N) is 1. The monoisotopic (exact) mass is 258 g/mol. The molecule has 98 valence electrons. The van der Waals surface area contributed by atoms with Crippen molar-refractivity contribution in [1.82, 2.24) is 4.90 Å². The van der Waals surface area contributed by atoms with E-state index in [9.17, 15) is 4.79 Å². The lowest BCUT2D eigenvalue weighted by atomic mass is 9.97. The quantitative estimate of drug-likeness (QED) is 0.776. The number of nitrogens with two attached hydrogens (primary N) is 1. The molecule has 1 rings (SSSR count). The molecule has 2 N–H and O–H groups in total. The van der Waals surface area contributed by atoms with Gasteiger partial charge in [-0.3, -0.25) is 4.79 Å². The van der Waals surface area contributed by atoms with Gasteiger partial charge in [0, 0.05) is 19.0 Å². The standard InChI is InChI=1S/C12H22N2O2S/c1-12(2,3)16-8-10(15)14-6-4-9(5-7-14)11(13)17/h9H,4-8H2,1-3H3,(H2,13,17). The van der Waals surface area contributed by atoms with E-state index in [1.807, 2.05) is 25.7 Å². The highest BCUT2D eigenvalue weighted by Crippen LogP contribution is 2.18. The second-order valence-electron chi connectivity index (χ2n) is 5.46. The first kappa shape index (κ1) is 14.4. The normalized spacial score (nSPS) is 18.2. The van der Waals surface area contributed by atoms with Crippen molar-refractivity contribution in [3.8, 4) is 0 Å². The average Bonchev–Trinajstić information content (AvgIpc) is 2.25. The maximum Gasteiger partial charge on any atom is 0.248 e. The number of amides is 1. The largest absolute Gasteiger partial charge is 0.393 e. The molecule has 5 heteroatoms. The first-order valence-electron chi connectivity index (χ1n) is 6.00. The molecule has 1 aliphatic rings. The van der Waals surface area contributed by atoms with Gasteiger partial charge in [-0.15, -0.1) is 0 Å². The van der Waals surface area contributed by atoms with E-state index in [0.29, 0.717) is 4.99 Å². The van der Waals surface area contributed by atoms with Gasteiger partial charge in [0.25, 0.3) is 0 Å². The first-order chi connectivity index (χ1) is 7.79. The zero-order chi connectivity index (χ0) is 13.1. The van der Waals surface area contributed by atoms with E-state index in [0.717, 1.165) is 25.9 Å². The predicted molar refractivity (Wildman–Crippen MR) is 71.8 cm³/mol. The Kier molecular flexibility index (Phi) is 4.89. The molecule has 0 aromatic heterocycles. The number of piperidine rings is 1. The van der Waals surface area contributed by atoms with Gasteiger partial charge >= 0.3 is 0 Å². The van der Waals surface area contributed by atoms with Crippen LogP contribution < -0.4 is 5.73 Å². The van der Waals surface area contributed by atoms with Gasteiger partial charge in [-0.2, -0.15) is 0 Å². The third-order valence-corrected chi connectivity index (χ3v) is 3.21. The summed E-state index contributed by atoms with van der Waals surface area (Å²) in [5.41, 5.74) is 5.34. The zero-order valence-corrected chi connectivity index (χ0v) is 11.7. The second-order valence-corrected chi connectivity index (χ2v) is 5.93. The number of carbonyl (C=O) groups is 1. The lowest BCUT2D eigenvalue weighted by Gasteiger charge is -2.32. The Balaban J connectivity index is 2.33. The van der Waals surface area contributed by atoms with Crippen molar-refractivity contribution in [3.63, 3.8) is 0 Å². The summed E-state index contributed by atoms with van der Waals surface area (Å²) >= 11 is 4.97. The van der Waals surface area contributed by atoms with Gasteiger partial charge in [0.2, 0.25) is 5.91 Å². The van der Waals surface area contributed by atoms with Crippen molar-refractivity contribution in [2.24, 2.45) is 11.7 Å². The van der Waals surface area contributed by atoms with E-state index in [-0.39, 0.29) is 24.0 Å². The number of hydrogen-bond donors (Lipinski definition) is 1. The Morgan fingerprint density at radius 2 is 1.94 bits per heavy atom. The molecule has 1 heterocycles. The first-order valence-corrected chi connectivity index (χ1v) is 6.41. The average molecular weight is 258 g/mol. The molecule has 0 radical (unpaired) electrons. The van der Waals surface area contributed by atoms with Crippen molar-refractivity contribution in [1.29, 1.82) is 0 Å². The summed E-state index contributed by atoms with van der Waals surface area (Å²) in [7, 11) is 0. The SMILES string of the molecule is CC(C)(C)OCC(=O)N1CCC(C(N)=S)CC1. The molecule has 0 aliphatic carbocycles. The maximum absolute atomic E-state index is 11.9. The van der Waals surface area contributed by atoms with Crippen LogP contribution in [-0.4, -0.2) is 41.1 Å². The molecule has 1 amide bonds. The molecule has 0 bridgehead atoms. The van der Waals surface area contributed by atoms with Gasteiger partial charge in [0.1, 0.15) is 6.61 Å². The Bertz CT molecular complexity index is 291. The minimum absolute atomic E-state index is 0.0568. The molecule has 17 heavy (non-hydrogen) atoms. The summed E-state index contributed by atoms with van der Waals surface area (Å²) in [6.45, 7) is 7.45. The number of likely N-dealkylation sites (tertiary alicyclic amines) is 1. The number of thiocarbonyl (C=S) groups is 1. The lowest BCUT2D eigenvalue weighted by Crippen LogP contribution is -2.43. The lowest BCUT2D eigenvalue weighted by molar-refractivity contribution is -0.142. The van der Waals surface area contributed by atoms with Crippen molar-refractivity contribution < 1.29 is 9.53 Å². The van der Waals surface area contributed by atoms with Crippen LogP contribution in [0.4, 0.5) is 0 Å². The summed E-state index contributed by atoms with van der Waals surface area (Å²) in [6.07, 6.45) is 1.74. The minimum Gasteiger partial charge on any atom is -0.393 e. The Labute approximate surface area is 108 Å². The van der Waals surface area contributed by atoms with E-state index in [1.54, 1.807) is 0 Å². The molecule has 0 aromatic carbocycles. The summed E-state index contributed by atoms with van der Waals surface area (Å²) in [5.74, 6) is 0.346. The molecule has 1 fully saturated rings. The summed E-state index contributed by atoms with van der Waals surface area (Å²) in [5, 5.41) is 0. The van der Waals surface area contributed by atoms with Crippen LogP contribution in [0.2, 0.25) is 0 Å². The number of ether oxygens (including phenoxy) is 1. The van der Waals surface area contributed by atoms with Crippen LogP contribution in [0, 0.1) is 5.92 Å². The molecule has 4 nitrogen and oxygen atoms in total. The third-order valence-electron chi connectivity index (χ3n) is 2.88. The van der Waals surface area contributed by atoms with Crippen LogP contribution >= 0.6 is 12.2 Å². The van der Waals surface area contributed by atoms with Crippen LogP contribution in [0.25, 0.3) is 0 Å². The number of carbonyl (C=O) groups excluding carboxylic acids is 1. The topological polar surface area (TPSA) is 55.6 Å². The molecule has 0 saturated carbocycles. The van der Waals surface area contributed by atoms with Crippen LogP contribution in [0.15, 0.2) is 0 Å². The molecule has 0 aromatic rings. The Hall–Kier alpha value is -0.680. The minimum atomic E-state index is -0.271. The van der Waals surface area contributed by atoms with Gasteiger partial charge in [-0.05, 0) is 33.6 Å². The highest BCUT2D eigenvalue weighted by Gasteiger charge is 2.25. The van der Waals surface area contributed by atoms with E-state index in [2.05, 4.69) is 0 Å². The van der Waals surface area contributed by atoms with E-state index < -0.39 is 0 Å². The summed E-state index contributed by atoms with van der Waals surface area (Å²) in [4.78, 5) is 14.3. The molecule has 0 atom stereocenters. The fraction of sp³-hybridized carbons (Fsp3) is 0.833. The molecule has 1 aliphatic heterocycles. The van der Waals surface area contributed by atoms with Crippen LogP contribution in [0.5, 0.6) is 0 Å². The fourth-order valence-corrected chi connectivity index (χ4v) is 2.02. The van der Waals surface area contributed by atoms with Gasteiger partial charge in [0.05, 0.1) is 10.6 Å². The van der Waals surface area contributed by atoms with Crippen molar-refractivity contribution in [2.45, 2.75) is 39.2 Å². The van der Waals surface area contributed by atoms with Crippen molar-refractivity contribution in [2.75, 3.05) is 19.7 Å². The summed E-state index contributed by atoms with van der Waals surface area (Å²) < 4.78 is 5.48. The van der Waals surface area contributed by atoms with E-state index >= 15 is 0 Å². The highest BCUT2D eigenvalue weighted by molar-refractivity contribution is 7.80. The molecular formula is C12H22N2O2S. The molecular weight excluding hydrogens is 236 g/mol. The van der Waals surface area contributed by atoms with Crippen molar-refractivity contribution >= 4 is 23.1 Å². The van der Waals surface area contributed by atoms with Crippen LogP contribution in [0.3, 0.4) is 0 Å². The Morgan fingerprint density at radius 1 is 1.41 bits per heavy atom. The van der Waals surface area contributed by atoms with Crippen LogP contribution in [-0.2, 0) is 9.53 Å². The van der Waals surface area contributed by atoms with E-state index in [4.69, 9.17) is 22.7 Å². The fourth-order valence-electron chi connectivity index (χ4n) is 1.78. The van der Waals surface area contributed by atoms with Crippen molar-refractivity contribution in [3.05, 3.63) is 0 Å². The Morgan fingerprint density at radius 3 is 2.35 bits per heavy atom. The number of rotatable bonds is 3. The zero-order valence-electron chi connectivity index (χ0n) is 10.9. The molecule has 0 spiro atoms. The van der Waals surface area contributed by atoms with Gasteiger partial charge in [-0.1, -0.05) is 12.2 Å². The summed E-state index contributed by atoms with van der Waals surface area (Å²) in [6, 6.07) is 0. The van der Waals surface area contributed by atoms with E-state index in [1.165, 1.54) is 0 Å². The highest BCUT2D eigenvalue weighted by atomic mass is 32.1. The smallest absolute Gasteiger partial charge is 0.248 e. The van der Waals surface area contributed by atoms with Crippen LogP contribution in [0.1, 0.15) is 33.6 Å². The molecule has 0 unspecified atom stereocenters. The second kappa shape index (κ2) is 5.78. The maximum atomic E-state index is 11.9. The van der Waals surface area contributed by atoms with Gasteiger partial charge < -0.3 is 15.4 Å². The third kappa shape index (κ3) is 5.00. The molecule has 1 saturated heterocycles. The predicted octanol–water partition coefficient (Wildman–Crippen LogP) is 1.33. The van der Waals surface area contributed by atoms with Gasteiger partial charge in [-0.25, -0.2) is 0 Å².